The van der Waals surface area contributed by atoms with Gasteiger partial charge in [0.2, 0.25) is 0 Å². The molecule has 1 aromatic rings. The quantitative estimate of drug-likeness (QED) is 0.924. The van der Waals surface area contributed by atoms with E-state index in [1.54, 1.807) is 0 Å². The molecular formula is C13H16BrN3O. The average molecular weight is 310 g/mol. The summed E-state index contributed by atoms with van der Waals surface area (Å²) in [5, 5.41) is 12.5. The molecule has 0 radical (unpaired) electrons. The molecule has 1 atom stereocenters. The fraction of sp³-hybridized carbons (Fsp3) is 0.462. The van der Waals surface area contributed by atoms with Crippen LogP contribution >= 0.6 is 15.9 Å². The molecule has 5 heteroatoms. The number of morpholine rings is 1. The maximum Gasteiger partial charge on any atom is 0.101 e. The SMILES string of the molecule is CN(CC1CNCCO1)c1ccc(Br)cc1C#N. The molecule has 1 aromatic carbocycles. The van der Waals surface area contributed by atoms with Crippen LogP contribution < -0.4 is 10.2 Å². The lowest BCUT2D eigenvalue weighted by Gasteiger charge is -2.29. The van der Waals surface area contributed by atoms with Crippen LogP contribution in [0.3, 0.4) is 0 Å². The molecule has 0 aromatic heterocycles. The molecule has 1 saturated heterocycles. The van der Waals surface area contributed by atoms with Crippen molar-refractivity contribution < 1.29 is 4.74 Å². The third-order valence-electron chi connectivity index (χ3n) is 2.97. The van der Waals surface area contributed by atoms with Gasteiger partial charge in [0.25, 0.3) is 0 Å². The monoisotopic (exact) mass is 309 g/mol. The zero-order chi connectivity index (χ0) is 13.0. The number of benzene rings is 1. The van der Waals surface area contributed by atoms with E-state index in [-0.39, 0.29) is 6.10 Å². The average Bonchev–Trinajstić information content (AvgIpc) is 2.39. The molecule has 2 rings (SSSR count). The fourth-order valence-electron chi connectivity index (χ4n) is 2.07. The number of hydrogen-bond donors (Lipinski definition) is 1. The van der Waals surface area contributed by atoms with E-state index in [0.29, 0.717) is 5.56 Å². The molecule has 4 nitrogen and oxygen atoms in total. The molecular weight excluding hydrogens is 294 g/mol. The van der Waals surface area contributed by atoms with Gasteiger partial charge in [0.15, 0.2) is 0 Å². The van der Waals surface area contributed by atoms with Crippen LogP contribution in [0.15, 0.2) is 22.7 Å². The van der Waals surface area contributed by atoms with Crippen molar-refractivity contribution in [3.05, 3.63) is 28.2 Å². The van der Waals surface area contributed by atoms with E-state index in [0.717, 1.165) is 36.4 Å². The minimum Gasteiger partial charge on any atom is -0.374 e. The van der Waals surface area contributed by atoms with Crippen molar-refractivity contribution in [2.75, 3.05) is 38.2 Å². The predicted molar refractivity (Wildman–Crippen MR) is 74.7 cm³/mol. The lowest BCUT2D eigenvalue weighted by molar-refractivity contribution is 0.0340. The standard InChI is InChI=1S/C13H16BrN3O/c1-17(9-12-8-16-4-5-18-12)13-3-2-11(14)6-10(13)7-15/h2-3,6,12,16H,4-5,8-9H2,1H3. The zero-order valence-electron chi connectivity index (χ0n) is 10.3. The minimum atomic E-state index is 0.180. The van der Waals surface area contributed by atoms with Gasteiger partial charge in [-0.3, -0.25) is 0 Å². The molecule has 18 heavy (non-hydrogen) atoms. The second-order valence-electron chi connectivity index (χ2n) is 4.35. The van der Waals surface area contributed by atoms with Crippen LogP contribution in [-0.2, 0) is 4.74 Å². The van der Waals surface area contributed by atoms with E-state index in [9.17, 15) is 0 Å². The van der Waals surface area contributed by atoms with Gasteiger partial charge in [0, 0.05) is 31.2 Å². The van der Waals surface area contributed by atoms with Crippen molar-refractivity contribution in [3.63, 3.8) is 0 Å². The van der Waals surface area contributed by atoms with Gasteiger partial charge in [-0.05, 0) is 18.2 Å². The van der Waals surface area contributed by atoms with Gasteiger partial charge in [-0.15, -0.1) is 0 Å². The summed E-state index contributed by atoms with van der Waals surface area (Å²) in [5.74, 6) is 0. The Kier molecular flexibility index (Phi) is 4.59. The number of halogens is 1. The molecule has 1 aliphatic rings. The number of rotatable bonds is 3. The minimum absolute atomic E-state index is 0.180. The first-order chi connectivity index (χ1) is 8.70. The summed E-state index contributed by atoms with van der Waals surface area (Å²) in [6, 6.07) is 7.97. The number of nitrogens with zero attached hydrogens (tertiary/aromatic N) is 2. The third kappa shape index (κ3) is 3.22. The molecule has 1 aliphatic heterocycles. The fourth-order valence-corrected chi connectivity index (χ4v) is 2.43. The van der Waals surface area contributed by atoms with Crippen LogP contribution in [0, 0.1) is 11.3 Å². The Hall–Kier alpha value is -1.09. The summed E-state index contributed by atoms with van der Waals surface area (Å²) in [7, 11) is 1.99. The van der Waals surface area contributed by atoms with Crippen molar-refractivity contribution in [2.24, 2.45) is 0 Å². The van der Waals surface area contributed by atoms with Crippen LogP contribution in [-0.4, -0.2) is 39.4 Å². The zero-order valence-corrected chi connectivity index (χ0v) is 11.9. The van der Waals surface area contributed by atoms with Gasteiger partial charge in [-0.1, -0.05) is 15.9 Å². The number of likely N-dealkylation sites (N-methyl/N-ethyl adjacent to an activating group) is 1. The lowest BCUT2D eigenvalue weighted by atomic mass is 10.1. The van der Waals surface area contributed by atoms with E-state index in [1.807, 2.05) is 25.2 Å². The second-order valence-corrected chi connectivity index (χ2v) is 5.27. The highest BCUT2D eigenvalue weighted by Crippen LogP contribution is 2.23. The number of hydrogen-bond acceptors (Lipinski definition) is 4. The number of nitriles is 1. The largest absolute Gasteiger partial charge is 0.374 e. The summed E-state index contributed by atoms with van der Waals surface area (Å²) in [6.45, 7) is 3.32. The van der Waals surface area contributed by atoms with Crippen molar-refractivity contribution in [1.29, 1.82) is 5.26 Å². The summed E-state index contributed by atoms with van der Waals surface area (Å²) in [5.41, 5.74) is 1.62. The van der Waals surface area contributed by atoms with Crippen LogP contribution in [0.25, 0.3) is 0 Å². The molecule has 96 valence electrons. The molecule has 0 spiro atoms. The van der Waals surface area contributed by atoms with Crippen molar-refractivity contribution in [1.82, 2.24) is 5.32 Å². The first-order valence-electron chi connectivity index (χ1n) is 5.94. The van der Waals surface area contributed by atoms with E-state index in [2.05, 4.69) is 32.2 Å². The highest BCUT2D eigenvalue weighted by Gasteiger charge is 2.17. The van der Waals surface area contributed by atoms with Crippen molar-refractivity contribution in [2.45, 2.75) is 6.10 Å². The van der Waals surface area contributed by atoms with Crippen molar-refractivity contribution >= 4 is 21.6 Å². The molecule has 1 fully saturated rings. The normalized spacial score (nSPS) is 19.3. The van der Waals surface area contributed by atoms with Gasteiger partial charge >= 0.3 is 0 Å². The van der Waals surface area contributed by atoms with Crippen LogP contribution in [0.4, 0.5) is 5.69 Å². The smallest absolute Gasteiger partial charge is 0.101 e. The van der Waals surface area contributed by atoms with E-state index < -0.39 is 0 Å². The van der Waals surface area contributed by atoms with Crippen LogP contribution in [0.1, 0.15) is 5.56 Å². The molecule has 0 amide bonds. The molecule has 1 heterocycles. The molecule has 1 unspecified atom stereocenters. The van der Waals surface area contributed by atoms with Crippen molar-refractivity contribution in [3.8, 4) is 6.07 Å². The van der Waals surface area contributed by atoms with Gasteiger partial charge in [-0.25, -0.2) is 0 Å². The Labute approximate surface area is 116 Å². The first kappa shape index (κ1) is 13.3. The van der Waals surface area contributed by atoms with Crippen LogP contribution in [0.5, 0.6) is 0 Å². The molecule has 1 N–H and O–H groups in total. The van der Waals surface area contributed by atoms with Gasteiger partial charge in [-0.2, -0.15) is 5.26 Å². The molecule has 0 aliphatic carbocycles. The third-order valence-corrected chi connectivity index (χ3v) is 3.47. The number of nitrogens with one attached hydrogen (secondary N) is 1. The molecule has 0 saturated carbocycles. The lowest BCUT2D eigenvalue weighted by Crippen LogP contribution is -2.44. The topological polar surface area (TPSA) is 48.3 Å². The molecule has 0 bridgehead atoms. The summed E-state index contributed by atoms with van der Waals surface area (Å²) < 4.78 is 6.59. The van der Waals surface area contributed by atoms with Gasteiger partial charge in [0.1, 0.15) is 6.07 Å². The Morgan fingerprint density at radius 2 is 2.44 bits per heavy atom. The summed E-state index contributed by atoms with van der Waals surface area (Å²) >= 11 is 3.38. The van der Waals surface area contributed by atoms with E-state index in [4.69, 9.17) is 10.00 Å². The van der Waals surface area contributed by atoms with Crippen LogP contribution in [0.2, 0.25) is 0 Å². The highest BCUT2D eigenvalue weighted by atomic mass is 79.9. The highest BCUT2D eigenvalue weighted by molar-refractivity contribution is 9.10. The second kappa shape index (κ2) is 6.19. The number of anilines is 1. The number of ether oxygens (including phenoxy) is 1. The maximum atomic E-state index is 9.16. The Morgan fingerprint density at radius 1 is 1.61 bits per heavy atom. The predicted octanol–water partition coefficient (Wildman–Crippen LogP) is 1.75. The van der Waals surface area contributed by atoms with E-state index >= 15 is 0 Å². The van der Waals surface area contributed by atoms with Gasteiger partial charge < -0.3 is 15.0 Å². The van der Waals surface area contributed by atoms with E-state index in [1.165, 1.54) is 0 Å². The Balaban J connectivity index is 2.08. The Morgan fingerprint density at radius 3 is 3.11 bits per heavy atom. The Bertz CT molecular complexity index is 452. The first-order valence-corrected chi connectivity index (χ1v) is 6.73. The van der Waals surface area contributed by atoms with Gasteiger partial charge in [0.05, 0.1) is 24.0 Å². The maximum absolute atomic E-state index is 9.16. The summed E-state index contributed by atoms with van der Waals surface area (Å²) in [6.07, 6.45) is 0.180. The summed E-state index contributed by atoms with van der Waals surface area (Å²) in [4.78, 5) is 2.07.